The highest BCUT2D eigenvalue weighted by Crippen LogP contribution is 2.22. The number of hydrogen-bond donors (Lipinski definition) is 5. The second-order valence-corrected chi connectivity index (χ2v) is 6.01. The van der Waals surface area contributed by atoms with Gasteiger partial charge in [0.2, 0.25) is 0 Å². The van der Waals surface area contributed by atoms with E-state index in [1.54, 1.807) is 13.0 Å². The van der Waals surface area contributed by atoms with E-state index < -0.39 is 43.4 Å². The lowest BCUT2D eigenvalue weighted by Crippen LogP contribution is -2.59. The van der Waals surface area contributed by atoms with Gasteiger partial charge in [0.1, 0.15) is 24.4 Å². The predicted molar refractivity (Wildman–Crippen MR) is 83.5 cm³/mol. The number of aliphatic hydroxyl groups excluding tert-OH is 5. The topological polar surface area (TPSA) is 120 Å². The number of aliphatic hydroxyl groups is 5. The van der Waals surface area contributed by atoms with E-state index in [4.69, 9.17) is 14.6 Å². The Balaban J connectivity index is 2.53. The lowest BCUT2D eigenvalue weighted by Gasteiger charge is -2.39. The zero-order chi connectivity index (χ0) is 17.6. The Morgan fingerprint density at radius 2 is 1.74 bits per heavy atom. The average Bonchev–Trinajstić information content (AvgIpc) is 2.52. The minimum atomic E-state index is -1.46. The summed E-state index contributed by atoms with van der Waals surface area (Å²) in [6, 6.07) is 0. The zero-order valence-electron chi connectivity index (χ0n) is 13.8. The van der Waals surface area contributed by atoms with Crippen LogP contribution in [0.25, 0.3) is 0 Å². The van der Waals surface area contributed by atoms with E-state index in [1.165, 1.54) is 0 Å². The van der Waals surface area contributed by atoms with Crippen molar-refractivity contribution in [2.75, 3.05) is 13.2 Å². The van der Waals surface area contributed by atoms with Gasteiger partial charge in [-0.1, -0.05) is 17.7 Å². The molecule has 0 aromatic rings. The highest BCUT2D eigenvalue weighted by Gasteiger charge is 2.43. The van der Waals surface area contributed by atoms with Crippen LogP contribution in [-0.4, -0.2) is 75.6 Å². The summed E-state index contributed by atoms with van der Waals surface area (Å²) in [7, 11) is 0. The van der Waals surface area contributed by atoms with E-state index in [0.29, 0.717) is 12.0 Å². The summed E-state index contributed by atoms with van der Waals surface area (Å²) in [4.78, 5) is 0. The summed E-state index contributed by atoms with van der Waals surface area (Å²) in [5.74, 6) is 0. The molecule has 7 heteroatoms. The Hall–Kier alpha value is -0.800. The number of allylic oxidation sites excluding steroid dienone is 1. The molecular formula is C16H28O7. The van der Waals surface area contributed by atoms with Crippen molar-refractivity contribution < 1.29 is 35.0 Å². The minimum absolute atomic E-state index is 0.0560. The van der Waals surface area contributed by atoms with Gasteiger partial charge in [-0.15, -0.1) is 0 Å². The fraction of sp³-hybridized carbons (Fsp3) is 0.750. The molecule has 1 unspecified atom stereocenters. The van der Waals surface area contributed by atoms with Crippen molar-refractivity contribution in [1.82, 2.24) is 0 Å². The van der Waals surface area contributed by atoms with Crippen LogP contribution in [0.4, 0.5) is 0 Å². The molecule has 1 heterocycles. The van der Waals surface area contributed by atoms with Crippen molar-refractivity contribution in [1.29, 1.82) is 0 Å². The number of hydrogen-bond acceptors (Lipinski definition) is 7. The lowest BCUT2D eigenvalue weighted by atomic mass is 9.99. The monoisotopic (exact) mass is 332 g/mol. The van der Waals surface area contributed by atoms with Gasteiger partial charge in [0.25, 0.3) is 0 Å². The summed E-state index contributed by atoms with van der Waals surface area (Å²) in [6.45, 7) is 5.23. The molecule has 1 saturated heterocycles. The quantitative estimate of drug-likeness (QED) is 0.397. The Morgan fingerprint density at radius 1 is 1.09 bits per heavy atom. The van der Waals surface area contributed by atoms with Crippen LogP contribution in [0.2, 0.25) is 0 Å². The van der Waals surface area contributed by atoms with Gasteiger partial charge < -0.3 is 35.0 Å². The maximum absolute atomic E-state index is 9.96. The van der Waals surface area contributed by atoms with Gasteiger partial charge in [0.15, 0.2) is 6.29 Å². The smallest absolute Gasteiger partial charge is 0.187 e. The molecule has 0 aromatic heterocycles. The molecule has 0 bridgehead atoms. The Bertz CT molecular complexity index is 415. The van der Waals surface area contributed by atoms with Crippen molar-refractivity contribution in [3.05, 3.63) is 23.3 Å². The molecule has 1 fully saturated rings. The van der Waals surface area contributed by atoms with Crippen LogP contribution in [0.15, 0.2) is 23.3 Å². The second kappa shape index (κ2) is 9.48. The SMILES string of the molecule is CC(C)=CCC(O)/C(C)=C/CO[C@@H]1O[C@H](CO)[C@@H](O)[C@H](O)[C@H]1O. The van der Waals surface area contributed by atoms with Crippen molar-refractivity contribution in [3.63, 3.8) is 0 Å². The first-order chi connectivity index (χ1) is 10.8. The molecule has 0 aliphatic carbocycles. The van der Waals surface area contributed by atoms with Gasteiger partial charge in [0, 0.05) is 0 Å². The maximum atomic E-state index is 9.96. The summed E-state index contributed by atoms with van der Waals surface area (Å²) in [5, 5.41) is 48.2. The van der Waals surface area contributed by atoms with Crippen LogP contribution in [-0.2, 0) is 9.47 Å². The number of rotatable bonds is 7. The Labute approximate surface area is 136 Å². The molecule has 1 rings (SSSR count). The normalized spacial score (nSPS) is 33.4. The molecule has 1 aliphatic rings. The van der Waals surface area contributed by atoms with Gasteiger partial charge in [-0.3, -0.25) is 0 Å². The molecule has 1 aliphatic heterocycles. The number of ether oxygens (including phenoxy) is 2. The summed E-state index contributed by atoms with van der Waals surface area (Å²) in [5.41, 5.74) is 1.83. The molecular weight excluding hydrogens is 304 g/mol. The zero-order valence-corrected chi connectivity index (χ0v) is 13.8. The van der Waals surface area contributed by atoms with Crippen molar-refractivity contribution in [2.45, 2.75) is 64.0 Å². The first kappa shape index (κ1) is 20.2. The summed E-state index contributed by atoms with van der Waals surface area (Å²) >= 11 is 0. The predicted octanol–water partition coefficient (Wildman–Crippen LogP) is -0.534. The van der Waals surface area contributed by atoms with Crippen LogP contribution >= 0.6 is 0 Å². The van der Waals surface area contributed by atoms with Gasteiger partial charge in [0.05, 0.1) is 19.3 Å². The summed E-state index contributed by atoms with van der Waals surface area (Å²) < 4.78 is 10.6. The van der Waals surface area contributed by atoms with Crippen LogP contribution in [0, 0.1) is 0 Å². The van der Waals surface area contributed by atoms with Gasteiger partial charge >= 0.3 is 0 Å². The van der Waals surface area contributed by atoms with E-state index in [9.17, 15) is 20.4 Å². The molecule has 0 amide bonds. The van der Waals surface area contributed by atoms with E-state index >= 15 is 0 Å². The fourth-order valence-electron chi connectivity index (χ4n) is 2.15. The highest BCUT2D eigenvalue weighted by molar-refractivity contribution is 5.08. The molecule has 134 valence electrons. The highest BCUT2D eigenvalue weighted by atomic mass is 16.7. The van der Waals surface area contributed by atoms with Crippen molar-refractivity contribution >= 4 is 0 Å². The molecule has 0 saturated carbocycles. The first-order valence-corrected chi connectivity index (χ1v) is 7.68. The van der Waals surface area contributed by atoms with Crippen LogP contribution in [0.3, 0.4) is 0 Å². The third kappa shape index (κ3) is 5.96. The first-order valence-electron chi connectivity index (χ1n) is 7.68. The molecule has 23 heavy (non-hydrogen) atoms. The van der Waals surface area contributed by atoms with E-state index in [0.717, 1.165) is 5.57 Å². The van der Waals surface area contributed by atoms with Crippen molar-refractivity contribution in [3.8, 4) is 0 Å². The van der Waals surface area contributed by atoms with Gasteiger partial charge in [-0.05, 0) is 32.8 Å². The van der Waals surface area contributed by atoms with E-state index in [2.05, 4.69) is 0 Å². The standard InChI is InChI=1S/C16H28O7/c1-9(2)4-5-11(18)10(3)6-7-22-16-15(21)14(20)13(19)12(8-17)23-16/h4,6,11-21H,5,7-8H2,1-3H3/b10-6+/t11?,12-,13-,14+,15-,16-/m1/s1. The molecule has 5 N–H and O–H groups in total. The van der Waals surface area contributed by atoms with Gasteiger partial charge in [-0.25, -0.2) is 0 Å². The van der Waals surface area contributed by atoms with Crippen molar-refractivity contribution in [2.24, 2.45) is 0 Å². The van der Waals surface area contributed by atoms with Crippen LogP contribution < -0.4 is 0 Å². The molecule has 6 atom stereocenters. The van der Waals surface area contributed by atoms with Crippen LogP contribution in [0.5, 0.6) is 0 Å². The fourth-order valence-corrected chi connectivity index (χ4v) is 2.15. The summed E-state index contributed by atoms with van der Waals surface area (Å²) in [6.07, 6.45) is -2.97. The molecule has 7 nitrogen and oxygen atoms in total. The Kier molecular flexibility index (Phi) is 8.35. The third-order valence-electron chi connectivity index (χ3n) is 3.79. The third-order valence-corrected chi connectivity index (χ3v) is 3.79. The molecule has 0 aromatic carbocycles. The van der Waals surface area contributed by atoms with Gasteiger partial charge in [-0.2, -0.15) is 0 Å². The molecule has 0 spiro atoms. The average molecular weight is 332 g/mol. The van der Waals surface area contributed by atoms with Crippen LogP contribution in [0.1, 0.15) is 27.2 Å². The van der Waals surface area contributed by atoms with E-state index in [1.807, 2.05) is 19.9 Å². The maximum Gasteiger partial charge on any atom is 0.187 e. The lowest BCUT2D eigenvalue weighted by molar-refractivity contribution is -0.298. The Morgan fingerprint density at radius 3 is 2.30 bits per heavy atom. The second-order valence-electron chi connectivity index (χ2n) is 6.01. The largest absolute Gasteiger partial charge is 0.394 e. The minimum Gasteiger partial charge on any atom is -0.394 e. The molecule has 0 radical (unpaired) electrons. The van der Waals surface area contributed by atoms with E-state index in [-0.39, 0.29) is 6.61 Å².